The van der Waals surface area contributed by atoms with E-state index in [-0.39, 0.29) is 16.2 Å². The summed E-state index contributed by atoms with van der Waals surface area (Å²) in [6.07, 6.45) is 0. The van der Waals surface area contributed by atoms with Gasteiger partial charge in [0, 0.05) is 59.1 Å². The summed E-state index contributed by atoms with van der Waals surface area (Å²) in [6.45, 7) is 20.9. The summed E-state index contributed by atoms with van der Waals surface area (Å²) in [4.78, 5) is 0. The van der Waals surface area contributed by atoms with Gasteiger partial charge in [0.2, 0.25) is 0 Å². The Morgan fingerprint density at radius 1 is 0.554 bits per heavy atom. The van der Waals surface area contributed by atoms with E-state index in [1.165, 1.54) is 97.2 Å². The second-order valence-electron chi connectivity index (χ2n) is 19.2. The van der Waals surface area contributed by atoms with Crippen molar-refractivity contribution in [3.63, 3.8) is 0 Å². The van der Waals surface area contributed by atoms with Gasteiger partial charge in [-0.2, -0.15) is 0 Å². The van der Waals surface area contributed by atoms with Gasteiger partial charge in [0.15, 0.2) is 7.28 Å². The lowest BCUT2D eigenvalue weighted by atomic mass is 9.57. The van der Waals surface area contributed by atoms with Crippen LogP contribution in [0.2, 0.25) is 0 Å². The molecule has 2 aromatic heterocycles. The van der Waals surface area contributed by atoms with Gasteiger partial charge in [0.25, 0.3) is 0 Å². The van der Waals surface area contributed by atoms with Crippen LogP contribution in [0.5, 0.6) is 0 Å². The van der Waals surface area contributed by atoms with Gasteiger partial charge < -0.3 is 9.88 Å². The van der Waals surface area contributed by atoms with Gasteiger partial charge in [-0.1, -0.05) is 141 Å². The maximum atomic E-state index is 4.00. The molecule has 4 heteroatoms. The van der Waals surface area contributed by atoms with Crippen LogP contribution in [0.4, 0.5) is 11.4 Å². The van der Waals surface area contributed by atoms with E-state index in [1.807, 2.05) is 11.3 Å². The van der Waals surface area contributed by atoms with Gasteiger partial charge in [-0.15, -0.1) is 11.3 Å². The average molecular weight is 745 g/mol. The Kier molecular flexibility index (Phi) is 7.58. The number of para-hydroxylation sites is 1. The smallest absolute Gasteiger partial charge is 0.198 e. The van der Waals surface area contributed by atoms with Crippen molar-refractivity contribution in [3.05, 3.63) is 138 Å². The molecule has 56 heavy (non-hydrogen) atoms. The highest BCUT2D eigenvalue weighted by atomic mass is 32.1. The van der Waals surface area contributed by atoms with Crippen LogP contribution < -0.4 is 16.2 Å². The van der Waals surface area contributed by atoms with Crippen molar-refractivity contribution < 1.29 is 0 Å². The summed E-state index contributed by atoms with van der Waals surface area (Å²) < 4.78 is 5.23. The first-order chi connectivity index (χ1) is 26.6. The average Bonchev–Trinajstić information content (AvgIpc) is 3.68. The molecule has 0 radical (unpaired) electrons. The van der Waals surface area contributed by atoms with E-state index >= 15 is 0 Å². The number of hydrogen-bond acceptors (Lipinski definition) is 2. The van der Waals surface area contributed by atoms with Gasteiger partial charge in [-0.3, -0.25) is 0 Å². The van der Waals surface area contributed by atoms with Crippen LogP contribution in [0, 0.1) is 0 Å². The van der Waals surface area contributed by atoms with Gasteiger partial charge >= 0.3 is 0 Å². The van der Waals surface area contributed by atoms with Crippen molar-refractivity contribution >= 4 is 93.7 Å². The molecule has 0 aliphatic carbocycles. The maximum Gasteiger partial charge on any atom is 0.198 e. The van der Waals surface area contributed by atoms with Gasteiger partial charge in [-0.25, -0.2) is 0 Å². The third-order valence-corrected chi connectivity index (χ3v) is 13.3. The fraction of sp³-hybridized carbons (Fsp3) is 0.231. The number of hydrogen-bond donors (Lipinski definition) is 1. The summed E-state index contributed by atoms with van der Waals surface area (Å²) in [5.74, 6) is 0. The maximum absolute atomic E-state index is 4.00. The molecule has 1 N–H and O–H groups in total. The lowest BCUT2D eigenvalue weighted by molar-refractivity contribution is 0.590. The summed E-state index contributed by atoms with van der Waals surface area (Å²) in [5, 5.41) is 11.9. The number of benzene rings is 7. The van der Waals surface area contributed by atoms with Crippen LogP contribution in [0.1, 0.15) is 79.0 Å². The molecule has 0 atom stereocenters. The fourth-order valence-electron chi connectivity index (χ4n) is 9.14. The molecule has 0 saturated carbocycles. The van der Waals surface area contributed by atoms with E-state index in [0.29, 0.717) is 0 Å². The summed E-state index contributed by atoms with van der Waals surface area (Å²) in [6, 6.07) is 46.4. The number of thiophene rings is 1. The van der Waals surface area contributed by atoms with Crippen molar-refractivity contribution in [2.75, 3.05) is 5.32 Å². The van der Waals surface area contributed by atoms with Gasteiger partial charge in [0.05, 0.1) is 5.52 Å². The summed E-state index contributed by atoms with van der Waals surface area (Å²) in [5.41, 5.74) is 15.7. The van der Waals surface area contributed by atoms with Crippen LogP contribution in [-0.2, 0) is 16.2 Å². The van der Waals surface area contributed by atoms with E-state index in [0.717, 1.165) is 18.7 Å². The van der Waals surface area contributed by atoms with Crippen molar-refractivity contribution in [2.45, 2.75) is 78.6 Å². The first kappa shape index (κ1) is 35.1. The third kappa shape index (κ3) is 5.51. The molecule has 0 unspecified atom stereocenters. The molecule has 7 aromatic carbocycles. The molecule has 9 aromatic rings. The number of nitrogens with one attached hydrogen (secondary N) is 1. The monoisotopic (exact) mass is 744 g/mol. The van der Waals surface area contributed by atoms with Crippen LogP contribution in [0.25, 0.3) is 69.6 Å². The van der Waals surface area contributed by atoms with E-state index in [4.69, 9.17) is 0 Å². The Bertz CT molecular complexity index is 3070. The molecule has 0 bridgehead atoms. The predicted molar refractivity (Wildman–Crippen MR) is 249 cm³/mol. The normalized spacial score (nSPS) is 13.2. The second kappa shape index (κ2) is 12.1. The van der Waals surface area contributed by atoms with Crippen molar-refractivity contribution in [1.29, 1.82) is 0 Å². The minimum Gasteiger partial charge on any atom is -0.355 e. The highest BCUT2D eigenvalue weighted by Crippen LogP contribution is 2.46. The Morgan fingerprint density at radius 3 is 1.91 bits per heavy atom. The zero-order chi connectivity index (χ0) is 38.9. The second-order valence-corrected chi connectivity index (χ2v) is 20.3. The molecular formula is C52H49BN2S. The van der Waals surface area contributed by atoms with Crippen LogP contribution in [0.15, 0.2) is 121 Å². The molecule has 2 nitrogen and oxygen atoms in total. The van der Waals surface area contributed by atoms with E-state index in [9.17, 15) is 0 Å². The summed E-state index contributed by atoms with van der Waals surface area (Å²) >= 11 is 1.91. The number of aromatic nitrogens is 1. The number of fused-ring (bicyclic) bond motifs is 9. The molecular weight excluding hydrogens is 695 g/mol. The highest BCUT2D eigenvalue weighted by Gasteiger charge is 2.32. The quantitative estimate of drug-likeness (QED) is 0.178. The lowest BCUT2D eigenvalue weighted by Gasteiger charge is -2.29. The first-order valence-electron chi connectivity index (χ1n) is 20.1. The Balaban J connectivity index is 1.30. The van der Waals surface area contributed by atoms with Gasteiger partial charge in [-0.05, 0) is 103 Å². The predicted octanol–water partition coefficient (Wildman–Crippen LogP) is 13.3. The zero-order valence-corrected chi connectivity index (χ0v) is 34.9. The van der Waals surface area contributed by atoms with Gasteiger partial charge in [0.1, 0.15) is 0 Å². The van der Waals surface area contributed by atoms with Crippen molar-refractivity contribution in [2.24, 2.45) is 0 Å². The highest BCUT2D eigenvalue weighted by molar-refractivity contribution is 7.26. The number of nitrogens with zero attached hydrogens (tertiary/aromatic N) is 1. The van der Waals surface area contributed by atoms with E-state index in [2.05, 4.69) is 194 Å². The molecule has 276 valence electrons. The lowest BCUT2D eigenvalue weighted by Crippen LogP contribution is -2.38. The topological polar surface area (TPSA) is 17.0 Å². The molecule has 3 heterocycles. The summed E-state index contributed by atoms with van der Waals surface area (Å²) in [7, 11) is 0.876. The zero-order valence-electron chi connectivity index (χ0n) is 34.1. The van der Waals surface area contributed by atoms with Crippen molar-refractivity contribution in [3.8, 4) is 16.8 Å². The van der Waals surface area contributed by atoms with Crippen LogP contribution >= 0.6 is 11.3 Å². The molecule has 0 spiro atoms. The Labute approximate surface area is 335 Å². The number of rotatable bonds is 3. The van der Waals surface area contributed by atoms with E-state index < -0.39 is 0 Å². The standard InChI is InChI=1S/C52H49BN2S/c1-50(2,3)32-18-21-34(22-19-32)54-42-28-38-37-24-30-14-10-11-15-31(30)25-45(37)56-46(38)29-36(42)39-27-40(52(7,8)9)47-35-16-12-13-17-43(35)55-44-23-20-33(51(4,5)6)26-41(44)53-48(39)49(47)55/h10-29,53-54H,1-9H3. The minimum atomic E-state index is -0.0865. The van der Waals surface area contributed by atoms with Crippen LogP contribution in [0.3, 0.4) is 0 Å². The molecule has 10 rings (SSSR count). The van der Waals surface area contributed by atoms with Crippen molar-refractivity contribution in [1.82, 2.24) is 4.57 Å². The van der Waals surface area contributed by atoms with Crippen LogP contribution in [-0.4, -0.2) is 11.8 Å². The largest absolute Gasteiger partial charge is 0.355 e. The minimum absolute atomic E-state index is 0.0545. The Hall–Kier alpha value is -5.32. The SMILES string of the molecule is CC(C)(C)c1ccc(Nc2cc3c(cc2-c2cc(C(C)(C)C)c4c5ccccc5n5c4c2Bc2cc(C(C)(C)C)ccc2-5)sc2cc4ccccc4cc23)cc1. The molecule has 1 aliphatic rings. The molecule has 0 fully saturated rings. The molecule has 1 aliphatic heterocycles. The Morgan fingerprint density at radius 2 is 1.20 bits per heavy atom. The first-order valence-corrected chi connectivity index (χ1v) is 21.0. The molecule has 0 saturated heterocycles. The third-order valence-electron chi connectivity index (χ3n) is 12.2. The number of anilines is 2. The van der Waals surface area contributed by atoms with E-state index in [1.54, 1.807) is 0 Å². The fourth-order valence-corrected chi connectivity index (χ4v) is 10.3. The molecule has 0 amide bonds.